The number of hydrogen-bond donors (Lipinski definition) is 0. The summed E-state index contributed by atoms with van der Waals surface area (Å²) in [4.78, 5) is 27.4. The molecule has 0 aromatic heterocycles. The smallest absolute Gasteiger partial charge is 0.308 e. The molecule has 6 nitrogen and oxygen atoms in total. The second-order valence-electron chi connectivity index (χ2n) is 4.23. The lowest BCUT2D eigenvalue weighted by molar-refractivity contribution is -0.729. The molecule has 22 heavy (non-hydrogen) atoms. The Kier molecular flexibility index (Phi) is 5.37. The van der Waals surface area contributed by atoms with Crippen molar-refractivity contribution >= 4 is 17.7 Å². The Hall–Kier alpha value is -2.54. The predicted octanol–water partition coefficient (Wildman–Crippen LogP) is 3.12. The third-order valence-corrected chi connectivity index (χ3v) is 3.93. The summed E-state index contributed by atoms with van der Waals surface area (Å²) in [6.45, 7) is 0. The van der Waals surface area contributed by atoms with E-state index < -0.39 is 11.1 Å². The van der Waals surface area contributed by atoms with Crippen LogP contribution in [-0.2, 0) is 16.1 Å². The zero-order chi connectivity index (χ0) is 15.9. The molecule has 0 aliphatic heterocycles. The molecular weight excluding hydrogens is 306 g/mol. The first kappa shape index (κ1) is 15.8. The van der Waals surface area contributed by atoms with Crippen LogP contribution in [0.25, 0.3) is 0 Å². The Labute approximate surface area is 131 Å². The van der Waals surface area contributed by atoms with E-state index in [1.807, 2.05) is 30.3 Å². The molecule has 0 saturated heterocycles. The number of carbonyl (C=O) groups is 1. The van der Waals surface area contributed by atoms with E-state index in [1.54, 1.807) is 18.2 Å². The van der Waals surface area contributed by atoms with Gasteiger partial charge in [-0.15, -0.1) is 10.1 Å². The zero-order valence-corrected chi connectivity index (χ0v) is 12.5. The quantitative estimate of drug-likeness (QED) is 0.601. The normalized spacial score (nSPS) is 10.0. The molecule has 114 valence electrons. The first-order valence-electron chi connectivity index (χ1n) is 6.34. The fraction of sp³-hybridized carbons (Fsp3) is 0.133. The minimum Gasteiger partial charge on any atom is -0.496 e. The third kappa shape index (κ3) is 4.23. The lowest BCUT2D eigenvalue weighted by atomic mass is 10.1. The maximum Gasteiger partial charge on any atom is 0.308 e. The van der Waals surface area contributed by atoms with Crippen molar-refractivity contribution in [1.29, 1.82) is 0 Å². The number of carbonyl (C=O) groups excluding carboxylic acids is 1. The number of benzene rings is 2. The van der Waals surface area contributed by atoms with Gasteiger partial charge < -0.3 is 4.74 Å². The molecule has 0 amide bonds. The summed E-state index contributed by atoms with van der Waals surface area (Å²) in [5.74, 6) is -0.326. The van der Waals surface area contributed by atoms with Gasteiger partial charge in [-0.1, -0.05) is 42.1 Å². The molecule has 0 bridgehead atoms. The van der Waals surface area contributed by atoms with Crippen LogP contribution in [0.15, 0.2) is 58.3 Å². The average molecular weight is 319 g/mol. The van der Waals surface area contributed by atoms with Gasteiger partial charge >= 0.3 is 11.1 Å². The Morgan fingerprint density at radius 3 is 2.55 bits per heavy atom. The lowest BCUT2D eigenvalue weighted by Gasteiger charge is -2.12. The van der Waals surface area contributed by atoms with Crippen molar-refractivity contribution < 1.29 is 19.5 Å². The summed E-state index contributed by atoms with van der Waals surface area (Å²) in [6.07, 6.45) is -0.201. The molecule has 2 aromatic carbocycles. The molecule has 0 spiro atoms. The summed E-state index contributed by atoms with van der Waals surface area (Å²) < 4.78 is 5.31. The molecule has 0 radical (unpaired) electrons. The molecule has 7 heteroatoms. The van der Waals surface area contributed by atoms with Gasteiger partial charge in [-0.3, -0.25) is 4.79 Å². The van der Waals surface area contributed by atoms with E-state index in [1.165, 1.54) is 18.9 Å². The standard InChI is InChI=1S/C15H13NO5S/c1-20-13-9-5-6-11(10-14(17)21-16(18)19)15(13)22-12-7-3-2-4-8-12/h2-9H,10H2,1H3. The van der Waals surface area contributed by atoms with E-state index in [2.05, 4.69) is 4.84 Å². The van der Waals surface area contributed by atoms with Crippen molar-refractivity contribution in [1.82, 2.24) is 0 Å². The number of methoxy groups -OCH3 is 1. The summed E-state index contributed by atoms with van der Waals surface area (Å²) >= 11 is 1.42. The van der Waals surface area contributed by atoms with Crippen LogP contribution in [0.4, 0.5) is 0 Å². The fourth-order valence-corrected chi connectivity index (χ4v) is 2.91. The van der Waals surface area contributed by atoms with Crippen molar-refractivity contribution in [2.24, 2.45) is 0 Å². The summed E-state index contributed by atoms with van der Waals surface area (Å²) in [7, 11) is 1.53. The van der Waals surface area contributed by atoms with Crippen LogP contribution in [0, 0.1) is 10.1 Å². The highest BCUT2D eigenvalue weighted by atomic mass is 32.2. The number of hydrogen-bond acceptors (Lipinski definition) is 6. The third-order valence-electron chi connectivity index (χ3n) is 2.75. The highest BCUT2D eigenvalue weighted by Gasteiger charge is 2.16. The Morgan fingerprint density at radius 2 is 1.91 bits per heavy atom. The maximum absolute atomic E-state index is 11.5. The maximum atomic E-state index is 11.5. The van der Waals surface area contributed by atoms with Crippen LogP contribution in [0.2, 0.25) is 0 Å². The van der Waals surface area contributed by atoms with Gasteiger partial charge in [0.2, 0.25) is 0 Å². The van der Waals surface area contributed by atoms with E-state index >= 15 is 0 Å². The van der Waals surface area contributed by atoms with Crippen LogP contribution in [0.3, 0.4) is 0 Å². The van der Waals surface area contributed by atoms with Crippen LogP contribution in [0.5, 0.6) is 5.75 Å². The van der Waals surface area contributed by atoms with Crippen LogP contribution >= 0.6 is 11.8 Å². The van der Waals surface area contributed by atoms with Gasteiger partial charge in [0, 0.05) is 4.90 Å². The Morgan fingerprint density at radius 1 is 1.18 bits per heavy atom. The van der Waals surface area contributed by atoms with Gasteiger partial charge in [0.05, 0.1) is 18.4 Å². The summed E-state index contributed by atoms with van der Waals surface area (Å²) in [5.41, 5.74) is 0.611. The molecule has 0 heterocycles. The fourth-order valence-electron chi connectivity index (χ4n) is 1.85. The SMILES string of the molecule is COc1cccc(CC(=O)O[N+](=O)[O-])c1Sc1ccccc1. The average Bonchev–Trinajstić information content (AvgIpc) is 2.49. The van der Waals surface area contributed by atoms with E-state index in [0.717, 1.165) is 9.79 Å². The highest BCUT2D eigenvalue weighted by molar-refractivity contribution is 7.99. The number of ether oxygens (including phenoxy) is 1. The first-order chi connectivity index (χ1) is 10.6. The minimum atomic E-state index is -1.10. The van der Waals surface area contributed by atoms with Gasteiger partial charge in [0.15, 0.2) is 0 Å². The van der Waals surface area contributed by atoms with Gasteiger partial charge in [-0.25, -0.2) is 4.84 Å². The van der Waals surface area contributed by atoms with Crippen LogP contribution in [-0.4, -0.2) is 18.2 Å². The van der Waals surface area contributed by atoms with Gasteiger partial charge in [0.25, 0.3) is 0 Å². The van der Waals surface area contributed by atoms with E-state index in [9.17, 15) is 14.9 Å². The van der Waals surface area contributed by atoms with Gasteiger partial charge in [0.1, 0.15) is 5.75 Å². The molecular formula is C15H13NO5S. The minimum absolute atomic E-state index is 0.201. The monoisotopic (exact) mass is 319 g/mol. The van der Waals surface area contributed by atoms with Gasteiger partial charge in [-0.05, 0) is 23.8 Å². The molecule has 0 aliphatic rings. The van der Waals surface area contributed by atoms with E-state index in [-0.39, 0.29) is 6.42 Å². The summed E-state index contributed by atoms with van der Waals surface area (Å²) in [6, 6.07) is 14.8. The van der Waals surface area contributed by atoms with Crippen molar-refractivity contribution in [3.63, 3.8) is 0 Å². The predicted molar refractivity (Wildman–Crippen MR) is 80.3 cm³/mol. The lowest BCUT2D eigenvalue weighted by Crippen LogP contribution is -2.13. The van der Waals surface area contributed by atoms with Crippen molar-refractivity contribution in [2.75, 3.05) is 7.11 Å². The van der Waals surface area contributed by atoms with Crippen LogP contribution in [0.1, 0.15) is 5.56 Å². The van der Waals surface area contributed by atoms with E-state index in [4.69, 9.17) is 4.74 Å². The molecule has 0 atom stereocenters. The zero-order valence-electron chi connectivity index (χ0n) is 11.7. The van der Waals surface area contributed by atoms with Gasteiger partial charge in [-0.2, -0.15) is 0 Å². The second-order valence-corrected chi connectivity index (χ2v) is 5.31. The molecule has 0 unspecified atom stereocenters. The summed E-state index contributed by atoms with van der Waals surface area (Å²) in [5, 5.41) is 9.13. The molecule has 0 fully saturated rings. The Balaban J connectivity index is 2.29. The van der Waals surface area contributed by atoms with Crippen molar-refractivity contribution in [3.05, 3.63) is 64.2 Å². The molecule has 2 rings (SSSR count). The molecule has 0 N–H and O–H groups in total. The molecule has 2 aromatic rings. The topological polar surface area (TPSA) is 78.7 Å². The van der Waals surface area contributed by atoms with E-state index in [0.29, 0.717) is 11.3 Å². The molecule has 0 saturated carbocycles. The Bertz CT molecular complexity index is 675. The first-order valence-corrected chi connectivity index (χ1v) is 7.15. The number of nitrogens with zero attached hydrogens (tertiary/aromatic N) is 1. The highest BCUT2D eigenvalue weighted by Crippen LogP contribution is 2.37. The largest absolute Gasteiger partial charge is 0.496 e. The second kappa shape index (κ2) is 7.46. The van der Waals surface area contributed by atoms with Crippen LogP contribution < -0.4 is 4.74 Å². The molecule has 0 aliphatic carbocycles. The van der Waals surface area contributed by atoms with Crippen molar-refractivity contribution in [3.8, 4) is 5.75 Å². The van der Waals surface area contributed by atoms with Crippen molar-refractivity contribution in [2.45, 2.75) is 16.2 Å². The number of rotatable bonds is 6.